The summed E-state index contributed by atoms with van der Waals surface area (Å²) in [5.41, 5.74) is -1.09. The summed E-state index contributed by atoms with van der Waals surface area (Å²) < 4.78 is 57.3. The Morgan fingerprint density at radius 3 is 1.58 bits per heavy atom. The summed E-state index contributed by atoms with van der Waals surface area (Å²) in [7, 11) is 1.33. The summed E-state index contributed by atoms with van der Waals surface area (Å²) in [5.74, 6) is 0.905. The van der Waals surface area contributed by atoms with Gasteiger partial charge in [0, 0.05) is 24.4 Å². The Morgan fingerprint density at radius 1 is 0.507 bits per heavy atom. The fourth-order valence-corrected chi connectivity index (χ4v) is 11.5. The van der Waals surface area contributed by atoms with E-state index >= 15 is 0 Å². The van der Waals surface area contributed by atoms with Gasteiger partial charge in [-0.2, -0.15) is 11.8 Å². The molecule has 0 aromatic heterocycles. The number of thioether (sulfide) groups is 2. The molecule has 5 heterocycles. The number of hydrogen-bond donors (Lipinski definition) is 18. The molecule has 0 radical (unpaired) electrons. The van der Waals surface area contributed by atoms with Crippen molar-refractivity contribution in [1.82, 2.24) is 5.32 Å². The molecule has 5 fully saturated rings. The zero-order valence-electron chi connectivity index (χ0n) is 40.2. The number of ether oxygens (including phenoxy) is 10. The molecular formula is C43H75NO27S2. The highest BCUT2D eigenvalue weighted by Gasteiger charge is 2.55. The van der Waals surface area contributed by atoms with Crippen molar-refractivity contribution in [3.8, 4) is 0 Å². The fourth-order valence-electron chi connectivity index (χ4n) is 9.62. The van der Waals surface area contributed by atoms with Crippen LogP contribution in [-0.2, 0) is 47.4 Å². The molecule has 5 aliphatic heterocycles. The van der Waals surface area contributed by atoms with Crippen LogP contribution in [0.3, 0.4) is 0 Å². The Hall–Kier alpha value is -0.680. The number of aliphatic hydroxyl groups is 17. The standard InChI is InChI=1S/C43H75NO27S2/c1-14-22(44-17-8-16(9-45)24(50)27(53)25(17)51)26(52)32(58)40(65-14)69-38-19(11-47)66-41(34(60)30(38)56)71-39-20(12-48)68-43(35(61)31(39)57)73-7-5-63-4-6-72-13-21-36(62-3)29(55)33(59)42(67-21)70-37-18(10-46)64-15(2)23(49)28(37)54/h8,14-15,17-61H,4-7,9-13H2,1-3H3/t14?,15-,17+,18?,19?,20?,21?,22-,23?,24-,25?,26?,27-,28+,29+,30+,31+,32+,33?,34?,35?,36-,37-,38-,39-,40-,41-,42-,43-/m0/s1. The molecule has 0 aromatic rings. The van der Waals surface area contributed by atoms with Gasteiger partial charge in [-0.15, -0.1) is 11.8 Å². The topological polar surface area (TPSA) is 448 Å². The van der Waals surface area contributed by atoms with Gasteiger partial charge in [0.25, 0.3) is 0 Å². The second-order valence-electron chi connectivity index (χ2n) is 18.8. The number of aliphatic hydroxyl groups excluding tert-OH is 17. The lowest BCUT2D eigenvalue weighted by Gasteiger charge is -2.49. The van der Waals surface area contributed by atoms with Crippen molar-refractivity contribution in [2.24, 2.45) is 0 Å². The minimum absolute atomic E-state index is 0.00572. The normalized spacial score (nSPS) is 48.9. The number of nitrogens with one attached hydrogen (secondary N) is 1. The minimum atomic E-state index is -1.97. The van der Waals surface area contributed by atoms with E-state index in [1.54, 1.807) is 0 Å². The van der Waals surface area contributed by atoms with E-state index in [0.717, 1.165) is 11.8 Å². The Kier molecular flexibility index (Phi) is 23.6. The maximum Gasteiger partial charge on any atom is 0.187 e. The van der Waals surface area contributed by atoms with Crippen molar-refractivity contribution in [3.63, 3.8) is 0 Å². The molecule has 30 heteroatoms. The third kappa shape index (κ3) is 14.0. The summed E-state index contributed by atoms with van der Waals surface area (Å²) in [6, 6.07) is -2.24. The molecule has 11 unspecified atom stereocenters. The first-order valence-electron chi connectivity index (χ1n) is 24.0. The highest BCUT2D eigenvalue weighted by atomic mass is 32.2. The van der Waals surface area contributed by atoms with Gasteiger partial charge in [-0.1, -0.05) is 6.08 Å². The molecule has 0 bridgehead atoms. The quantitative estimate of drug-likeness (QED) is 0.0354. The SMILES string of the molecule is CO[C@H]1C(CSCCOCCS[C@@H]2OC(CO)[C@H](O[C@@H]3OC(CO)[C@H](O[C@@H]4OC(C)[C@H](N[C@@H]5C=C(CO)[C@H](O)[C@H](O)C5O)C(O)[C@H]4O)[C@H](O)C3O)[C@H](O)C2O)O[C@@H](O[C@H]2C(CO)O[C@@H](C)C(O)[C@H]2O)C(O)[C@H]1O. The van der Waals surface area contributed by atoms with Gasteiger partial charge in [-0.25, -0.2) is 0 Å². The summed E-state index contributed by atoms with van der Waals surface area (Å²) in [5, 5.41) is 183. The van der Waals surface area contributed by atoms with Gasteiger partial charge >= 0.3 is 0 Å². The smallest absolute Gasteiger partial charge is 0.187 e. The monoisotopic (exact) mass is 1100 g/mol. The van der Waals surface area contributed by atoms with Crippen LogP contribution >= 0.6 is 23.5 Å². The lowest BCUT2D eigenvalue weighted by Crippen LogP contribution is -2.68. The molecule has 28 nitrogen and oxygen atoms in total. The zero-order chi connectivity index (χ0) is 53.6. The highest BCUT2D eigenvalue weighted by molar-refractivity contribution is 7.99. The van der Waals surface area contributed by atoms with Crippen LogP contribution in [0.15, 0.2) is 11.6 Å². The predicted octanol–water partition coefficient (Wildman–Crippen LogP) is -9.73. The van der Waals surface area contributed by atoms with Gasteiger partial charge in [-0.3, -0.25) is 0 Å². The van der Waals surface area contributed by atoms with Crippen LogP contribution in [0.1, 0.15) is 13.8 Å². The first-order chi connectivity index (χ1) is 34.7. The molecule has 73 heavy (non-hydrogen) atoms. The van der Waals surface area contributed by atoms with Gasteiger partial charge in [-0.05, 0) is 19.4 Å². The lowest BCUT2D eigenvalue weighted by molar-refractivity contribution is -0.366. The summed E-state index contributed by atoms with van der Waals surface area (Å²) in [6.07, 6.45) is -37.1. The van der Waals surface area contributed by atoms with Crippen molar-refractivity contribution < 1.29 is 134 Å². The van der Waals surface area contributed by atoms with Crippen molar-refractivity contribution in [1.29, 1.82) is 0 Å². The lowest BCUT2D eigenvalue weighted by atomic mass is 9.86. The molecular weight excluding hydrogens is 1030 g/mol. The van der Waals surface area contributed by atoms with Gasteiger partial charge in [0.15, 0.2) is 18.9 Å². The van der Waals surface area contributed by atoms with E-state index in [1.165, 1.54) is 38.8 Å². The third-order valence-corrected chi connectivity index (χ3v) is 16.1. The molecule has 5 saturated heterocycles. The maximum atomic E-state index is 11.2. The van der Waals surface area contributed by atoms with Crippen LogP contribution in [0.4, 0.5) is 0 Å². The third-order valence-electron chi connectivity index (χ3n) is 13.9. The molecule has 18 N–H and O–H groups in total. The largest absolute Gasteiger partial charge is 0.394 e. The van der Waals surface area contributed by atoms with Crippen LogP contribution in [0.5, 0.6) is 0 Å². The molecule has 6 aliphatic rings. The first-order valence-corrected chi connectivity index (χ1v) is 26.2. The van der Waals surface area contributed by atoms with E-state index in [9.17, 15) is 86.8 Å². The second-order valence-corrected chi connectivity index (χ2v) is 21.1. The Bertz CT molecular complexity index is 1680. The van der Waals surface area contributed by atoms with Crippen LogP contribution in [0, 0.1) is 0 Å². The maximum absolute atomic E-state index is 11.2. The Labute approximate surface area is 428 Å². The number of methoxy groups -OCH3 is 1. The highest BCUT2D eigenvalue weighted by Crippen LogP contribution is 2.36. The van der Waals surface area contributed by atoms with Crippen molar-refractivity contribution >= 4 is 23.5 Å². The van der Waals surface area contributed by atoms with Crippen LogP contribution < -0.4 is 5.32 Å². The summed E-state index contributed by atoms with van der Waals surface area (Å²) in [4.78, 5) is 0. The van der Waals surface area contributed by atoms with Crippen molar-refractivity contribution in [2.45, 2.75) is 191 Å². The number of rotatable bonds is 22. The van der Waals surface area contributed by atoms with Crippen molar-refractivity contribution in [2.75, 3.05) is 64.0 Å². The second kappa shape index (κ2) is 28.0. The van der Waals surface area contributed by atoms with E-state index in [-0.39, 0.29) is 30.3 Å². The zero-order valence-corrected chi connectivity index (χ0v) is 41.8. The average molecular weight is 1100 g/mol. The van der Waals surface area contributed by atoms with Gasteiger partial charge in [0.2, 0.25) is 0 Å². The molecule has 0 amide bonds. The molecule has 0 aromatic carbocycles. The molecule has 6 rings (SSSR count). The summed E-state index contributed by atoms with van der Waals surface area (Å²) >= 11 is 2.42. The molecule has 1 aliphatic carbocycles. The Morgan fingerprint density at radius 2 is 1.00 bits per heavy atom. The fraction of sp³-hybridized carbons (Fsp3) is 0.953. The van der Waals surface area contributed by atoms with E-state index in [2.05, 4.69) is 5.32 Å². The number of hydrogen-bond acceptors (Lipinski definition) is 30. The van der Waals surface area contributed by atoms with Gasteiger partial charge in [0.1, 0.15) is 128 Å². The van der Waals surface area contributed by atoms with Crippen LogP contribution in [0.25, 0.3) is 0 Å². The van der Waals surface area contributed by atoms with Gasteiger partial charge < -0.3 is 139 Å². The summed E-state index contributed by atoms with van der Waals surface area (Å²) in [6.45, 7) is 0.562. The van der Waals surface area contributed by atoms with Crippen LogP contribution in [-0.4, -0.2) is 328 Å². The molecule has 29 atom stereocenters. The van der Waals surface area contributed by atoms with E-state index in [1.807, 2.05) is 0 Å². The average Bonchev–Trinajstić information content (AvgIpc) is 3.37. The molecule has 426 valence electrons. The van der Waals surface area contributed by atoms with Crippen molar-refractivity contribution in [3.05, 3.63) is 11.6 Å². The van der Waals surface area contributed by atoms with Gasteiger partial charge in [0.05, 0.1) is 70.0 Å². The van der Waals surface area contributed by atoms with E-state index < -0.39 is 203 Å². The van der Waals surface area contributed by atoms with E-state index in [4.69, 9.17) is 47.4 Å². The molecule has 0 saturated carbocycles. The molecule has 0 spiro atoms. The van der Waals surface area contributed by atoms with Crippen LogP contribution in [0.2, 0.25) is 0 Å². The Balaban J connectivity index is 0.932. The minimum Gasteiger partial charge on any atom is -0.394 e. The predicted molar refractivity (Wildman–Crippen MR) is 246 cm³/mol. The van der Waals surface area contributed by atoms with E-state index in [0.29, 0.717) is 5.75 Å². The first kappa shape index (κ1) is 61.5.